The monoisotopic (exact) mass is 241 g/mol. The Kier molecular flexibility index (Phi) is 3.65. The highest BCUT2D eigenvalue weighted by Crippen LogP contribution is 2.19. The van der Waals surface area contributed by atoms with Gasteiger partial charge in [0.15, 0.2) is 0 Å². The normalized spacial score (nSPS) is 19.5. The molecule has 0 radical (unpaired) electrons. The lowest BCUT2D eigenvalue weighted by atomic mass is 10.2. The van der Waals surface area contributed by atoms with E-state index in [4.69, 9.17) is 9.47 Å². The zero-order chi connectivity index (χ0) is 12.3. The SMILES string of the molecule is O=[N+]([O-])c1ccc(COC2CCOC2)cc1F. The molecule has 1 aromatic rings. The van der Waals surface area contributed by atoms with Gasteiger partial charge in [0, 0.05) is 12.7 Å². The van der Waals surface area contributed by atoms with Gasteiger partial charge in [-0.3, -0.25) is 10.1 Å². The molecule has 1 unspecified atom stereocenters. The van der Waals surface area contributed by atoms with E-state index in [1.807, 2.05) is 0 Å². The maximum absolute atomic E-state index is 13.3. The quantitative estimate of drug-likeness (QED) is 0.597. The summed E-state index contributed by atoms with van der Waals surface area (Å²) in [5, 5.41) is 10.4. The molecule has 0 saturated carbocycles. The number of nitrogens with zero attached hydrogens (tertiary/aromatic N) is 1. The molecule has 5 nitrogen and oxygen atoms in total. The Hall–Kier alpha value is -1.53. The Bertz CT molecular complexity index is 418. The van der Waals surface area contributed by atoms with E-state index in [0.717, 1.165) is 18.6 Å². The molecule has 2 rings (SSSR count). The van der Waals surface area contributed by atoms with Crippen LogP contribution < -0.4 is 0 Å². The number of rotatable bonds is 4. The van der Waals surface area contributed by atoms with E-state index in [1.165, 1.54) is 6.07 Å². The van der Waals surface area contributed by atoms with Crippen LogP contribution in [0.15, 0.2) is 18.2 Å². The molecule has 0 spiro atoms. The lowest BCUT2D eigenvalue weighted by Gasteiger charge is -2.09. The van der Waals surface area contributed by atoms with Crippen molar-refractivity contribution in [3.05, 3.63) is 39.7 Å². The van der Waals surface area contributed by atoms with E-state index in [9.17, 15) is 14.5 Å². The third kappa shape index (κ3) is 2.98. The predicted octanol–water partition coefficient (Wildman–Crippen LogP) is 2.04. The number of nitro benzene ring substituents is 1. The third-order valence-corrected chi connectivity index (χ3v) is 2.58. The van der Waals surface area contributed by atoms with Gasteiger partial charge in [-0.05, 0) is 24.1 Å². The number of hydrogen-bond acceptors (Lipinski definition) is 4. The van der Waals surface area contributed by atoms with Crippen LogP contribution in [0.2, 0.25) is 0 Å². The van der Waals surface area contributed by atoms with Crippen LogP contribution in [0.5, 0.6) is 0 Å². The second-order valence-electron chi connectivity index (χ2n) is 3.84. The maximum Gasteiger partial charge on any atom is 0.304 e. The molecule has 17 heavy (non-hydrogen) atoms. The molecule has 1 atom stereocenters. The summed E-state index contributed by atoms with van der Waals surface area (Å²) in [5.74, 6) is -0.834. The van der Waals surface area contributed by atoms with E-state index in [2.05, 4.69) is 0 Å². The van der Waals surface area contributed by atoms with E-state index in [0.29, 0.717) is 18.8 Å². The van der Waals surface area contributed by atoms with Gasteiger partial charge < -0.3 is 9.47 Å². The highest BCUT2D eigenvalue weighted by Gasteiger charge is 2.17. The molecule has 0 aromatic heterocycles. The van der Waals surface area contributed by atoms with Gasteiger partial charge in [0.1, 0.15) is 0 Å². The first-order valence-electron chi connectivity index (χ1n) is 5.29. The summed E-state index contributed by atoms with van der Waals surface area (Å²) in [5.41, 5.74) is 0.0675. The Labute approximate surface area is 97.3 Å². The molecule has 1 aromatic carbocycles. The molecule has 92 valence electrons. The lowest BCUT2D eigenvalue weighted by Crippen LogP contribution is -2.12. The Morgan fingerprint density at radius 2 is 2.41 bits per heavy atom. The van der Waals surface area contributed by atoms with Gasteiger partial charge in [0.2, 0.25) is 5.82 Å². The first-order chi connectivity index (χ1) is 8.16. The number of halogens is 1. The Morgan fingerprint density at radius 1 is 1.59 bits per heavy atom. The van der Waals surface area contributed by atoms with Crippen molar-refractivity contribution >= 4 is 5.69 Å². The minimum Gasteiger partial charge on any atom is -0.379 e. The van der Waals surface area contributed by atoms with Crippen LogP contribution in [0.25, 0.3) is 0 Å². The summed E-state index contributed by atoms with van der Waals surface area (Å²) in [6.07, 6.45) is 0.864. The summed E-state index contributed by atoms with van der Waals surface area (Å²) in [7, 11) is 0. The molecular weight excluding hydrogens is 229 g/mol. The average Bonchev–Trinajstić information content (AvgIpc) is 2.78. The van der Waals surface area contributed by atoms with Gasteiger partial charge in [0.05, 0.1) is 24.2 Å². The summed E-state index contributed by atoms with van der Waals surface area (Å²) < 4.78 is 23.9. The van der Waals surface area contributed by atoms with E-state index >= 15 is 0 Å². The second-order valence-corrected chi connectivity index (χ2v) is 3.84. The van der Waals surface area contributed by atoms with Gasteiger partial charge in [-0.1, -0.05) is 0 Å². The van der Waals surface area contributed by atoms with E-state index in [1.54, 1.807) is 0 Å². The Morgan fingerprint density at radius 3 is 3.00 bits per heavy atom. The van der Waals surface area contributed by atoms with Crippen LogP contribution in [0.4, 0.5) is 10.1 Å². The zero-order valence-corrected chi connectivity index (χ0v) is 9.10. The summed E-state index contributed by atoms with van der Waals surface area (Å²) in [6.45, 7) is 1.47. The zero-order valence-electron chi connectivity index (χ0n) is 9.10. The highest BCUT2D eigenvalue weighted by molar-refractivity contribution is 5.34. The second kappa shape index (κ2) is 5.20. The van der Waals surface area contributed by atoms with Crippen molar-refractivity contribution < 1.29 is 18.8 Å². The molecule has 0 bridgehead atoms. The fraction of sp³-hybridized carbons (Fsp3) is 0.455. The molecule has 1 aliphatic heterocycles. The van der Waals surface area contributed by atoms with Crippen molar-refractivity contribution in [3.8, 4) is 0 Å². The van der Waals surface area contributed by atoms with Crippen LogP contribution in [-0.4, -0.2) is 24.2 Å². The van der Waals surface area contributed by atoms with Crippen molar-refractivity contribution in [1.82, 2.24) is 0 Å². The van der Waals surface area contributed by atoms with Crippen molar-refractivity contribution in [2.45, 2.75) is 19.1 Å². The van der Waals surface area contributed by atoms with Crippen LogP contribution in [0.3, 0.4) is 0 Å². The minimum atomic E-state index is -0.834. The Balaban J connectivity index is 1.97. The first-order valence-corrected chi connectivity index (χ1v) is 5.29. The topological polar surface area (TPSA) is 61.6 Å². The summed E-state index contributed by atoms with van der Waals surface area (Å²) in [4.78, 5) is 9.67. The molecule has 0 amide bonds. The van der Waals surface area contributed by atoms with Gasteiger partial charge in [-0.15, -0.1) is 0 Å². The van der Waals surface area contributed by atoms with Crippen LogP contribution in [-0.2, 0) is 16.1 Å². The predicted molar refractivity (Wildman–Crippen MR) is 57.1 cm³/mol. The molecular formula is C11H12FNO4. The number of nitro groups is 1. The molecule has 6 heteroatoms. The fourth-order valence-corrected chi connectivity index (χ4v) is 1.65. The maximum atomic E-state index is 13.3. The van der Waals surface area contributed by atoms with Gasteiger partial charge in [-0.25, -0.2) is 0 Å². The summed E-state index contributed by atoms with van der Waals surface area (Å²) >= 11 is 0. The number of ether oxygens (including phenoxy) is 2. The lowest BCUT2D eigenvalue weighted by molar-refractivity contribution is -0.387. The van der Waals surface area contributed by atoms with Gasteiger partial charge >= 0.3 is 5.69 Å². The fourth-order valence-electron chi connectivity index (χ4n) is 1.65. The standard InChI is InChI=1S/C11H12FNO4/c12-10-5-8(1-2-11(10)13(14)15)6-17-9-3-4-16-7-9/h1-2,5,9H,3-4,6-7H2. The van der Waals surface area contributed by atoms with Crippen molar-refractivity contribution in [1.29, 1.82) is 0 Å². The molecule has 1 aliphatic rings. The number of hydrogen-bond donors (Lipinski definition) is 0. The van der Waals surface area contributed by atoms with Crippen LogP contribution in [0.1, 0.15) is 12.0 Å². The van der Waals surface area contributed by atoms with Crippen LogP contribution in [0, 0.1) is 15.9 Å². The van der Waals surface area contributed by atoms with E-state index in [-0.39, 0.29) is 12.7 Å². The van der Waals surface area contributed by atoms with Gasteiger partial charge in [0.25, 0.3) is 0 Å². The largest absolute Gasteiger partial charge is 0.379 e. The molecule has 1 heterocycles. The molecule has 0 N–H and O–H groups in total. The molecule has 1 saturated heterocycles. The highest BCUT2D eigenvalue weighted by atomic mass is 19.1. The first kappa shape index (κ1) is 11.9. The van der Waals surface area contributed by atoms with Crippen LogP contribution >= 0.6 is 0 Å². The van der Waals surface area contributed by atoms with Crippen molar-refractivity contribution in [2.24, 2.45) is 0 Å². The molecule has 1 fully saturated rings. The summed E-state index contributed by atoms with van der Waals surface area (Å²) in [6, 6.07) is 3.78. The third-order valence-electron chi connectivity index (χ3n) is 2.58. The average molecular weight is 241 g/mol. The van der Waals surface area contributed by atoms with Crippen molar-refractivity contribution in [2.75, 3.05) is 13.2 Å². The smallest absolute Gasteiger partial charge is 0.304 e. The number of benzene rings is 1. The van der Waals surface area contributed by atoms with Crippen molar-refractivity contribution in [3.63, 3.8) is 0 Å². The van der Waals surface area contributed by atoms with Gasteiger partial charge in [-0.2, -0.15) is 4.39 Å². The molecule has 0 aliphatic carbocycles. The van der Waals surface area contributed by atoms with E-state index < -0.39 is 16.4 Å². The minimum absolute atomic E-state index is 0.0354.